The number of aliphatic hydroxyl groups is 1. The van der Waals surface area contributed by atoms with Crippen molar-refractivity contribution >= 4 is 5.91 Å². The maximum absolute atomic E-state index is 13.4. The Bertz CT molecular complexity index is 220. The van der Waals surface area contributed by atoms with Crippen molar-refractivity contribution in [1.82, 2.24) is 5.32 Å². The van der Waals surface area contributed by atoms with Gasteiger partial charge in [0, 0.05) is 7.05 Å². The van der Waals surface area contributed by atoms with Gasteiger partial charge in [-0.25, -0.2) is 4.39 Å². The van der Waals surface area contributed by atoms with Crippen molar-refractivity contribution in [3.63, 3.8) is 0 Å². The average molecular weight is 263 g/mol. The first-order chi connectivity index (χ1) is 8.37. The molecule has 1 rings (SSSR count). The van der Waals surface area contributed by atoms with Crippen LogP contribution in [0.1, 0.15) is 66.7 Å². The van der Waals surface area contributed by atoms with E-state index in [0.29, 0.717) is 25.7 Å². The van der Waals surface area contributed by atoms with Crippen LogP contribution >= 0.6 is 0 Å². The Labute approximate surface area is 111 Å². The number of amides is 1. The summed E-state index contributed by atoms with van der Waals surface area (Å²) in [4.78, 5) is 11.1. The molecule has 1 aliphatic carbocycles. The number of carbonyl (C=O) groups excluding carboxylic acids is 1. The van der Waals surface area contributed by atoms with Crippen LogP contribution < -0.4 is 5.32 Å². The van der Waals surface area contributed by atoms with E-state index in [4.69, 9.17) is 0 Å². The van der Waals surface area contributed by atoms with Gasteiger partial charge in [0.05, 0.1) is 12.0 Å². The number of rotatable bonds is 2. The van der Waals surface area contributed by atoms with Gasteiger partial charge in [-0.1, -0.05) is 27.7 Å². The van der Waals surface area contributed by atoms with Crippen molar-refractivity contribution in [1.29, 1.82) is 0 Å². The minimum atomic E-state index is -1.17. The molecule has 0 bridgehead atoms. The van der Waals surface area contributed by atoms with Crippen molar-refractivity contribution < 1.29 is 14.3 Å². The Morgan fingerprint density at radius 3 is 1.89 bits per heavy atom. The van der Waals surface area contributed by atoms with E-state index in [1.807, 2.05) is 27.7 Å². The minimum absolute atomic E-state index is 0.0829. The van der Waals surface area contributed by atoms with Gasteiger partial charge in [0.25, 0.3) is 0 Å². The molecule has 0 atom stereocenters. The molecule has 1 amide bonds. The lowest BCUT2D eigenvalue weighted by atomic mass is 9.76. The summed E-state index contributed by atoms with van der Waals surface area (Å²) in [6.45, 7) is 9.55. The molecule has 4 heteroatoms. The second-order valence-corrected chi connectivity index (χ2v) is 4.49. The van der Waals surface area contributed by atoms with Gasteiger partial charge in [-0.2, -0.15) is 0 Å². The van der Waals surface area contributed by atoms with Crippen LogP contribution in [0.15, 0.2) is 0 Å². The van der Waals surface area contributed by atoms with Crippen LogP contribution in [-0.4, -0.2) is 29.3 Å². The highest BCUT2D eigenvalue weighted by Gasteiger charge is 2.40. The van der Waals surface area contributed by atoms with Crippen LogP contribution in [0.5, 0.6) is 0 Å². The van der Waals surface area contributed by atoms with E-state index in [0.717, 1.165) is 0 Å². The summed E-state index contributed by atoms with van der Waals surface area (Å²) in [5.41, 5.74) is -2.17. The highest BCUT2D eigenvalue weighted by molar-refractivity contribution is 5.76. The summed E-state index contributed by atoms with van der Waals surface area (Å²) in [6, 6.07) is 0. The van der Waals surface area contributed by atoms with Gasteiger partial charge in [-0.15, -0.1) is 0 Å². The normalized spacial score (nSPS) is 30.2. The Kier molecular flexibility index (Phi) is 10.2. The van der Waals surface area contributed by atoms with Gasteiger partial charge in [0.2, 0.25) is 5.91 Å². The van der Waals surface area contributed by atoms with E-state index < -0.39 is 11.3 Å². The van der Waals surface area contributed by atoms with E-state index in [2.05, 4.69) is 5.32 Å². The lowest BCUT2D eigenvalue weighted by molar-refractivity contribution is -0.128. The van der Waals surface area contributed by atoms with Crippen molar-refractivity contribution in [2.45, 2.75) is 78.0 Å². The number of hydrogen-bond acceptors (Lipinski definition) is 2. The van der Waals surface area contributed by atoms with Crippen LogP contribution in [0.3, 0.4) is 0 Å². The summed E-state index contributed by atoms with van der Waals surface area (Å²) in [5, 5.41) is 12.4. The molecular weight excluding hydrogens is 233 g/mol. The summed E-state index contributed by atoms with van der Waals surface area (Å²) in [7, 11) is 1.54. The molecule has 3 nitrogen and oxygen atoms in total. The molecular formula is C14H30FNO2. The Hall–Kier alpha value is -0.640. The van der Waals surface area contributed by atoms with Crippen molar-refractivity contribution in [2.75, 3.05) is 7.05 Å². The number of hydrogen-bond donors (Lipinski definition) is 2. The molecule has 0 aromatic carbocycles. The van der Waals surface area contributed by atoms with E-state index in [9.17, 15) is 14.3 Å². The smallest absolute Gasteiger partial charge is 0.222 e. The van der Waals surface area contributed by atoms with E-state index in [-0.39, 0.29) is 12.3 Å². The van der Waals surface area contributed by atoms with Crippen LogP contribution in [0, 0.1) is 0 Å². The third-order valence-corrected chi connectivity index (χ3v) is 2.99. The first-order valence-corrected chi connectivity index (χ1v) is 6.99. The topological polar surface area (TPSA) is 49.3 Å². The largest absolute Gasteiger partial charge is 0.389 e. The molecule has 0 spiro atoms. The van der Waals surface area contributed by atoms with E-state index in [1.165, 1.54) is 7.05 Å². The number of halogens is 1. The monoisotopic (exact) mass is 263 g/mol. The SMILES string of the molecule is CC.CC.CNC(=O)CC1(O)CCC(C)(F)CC1. The second-order valence-electron chi connectivity index (χ2n) is 4.49. The second kappa shape index (κ2) is 9.31. The quantitative estimate of drug-likeness (QED) is 0.803. The molecule has 2 N–H and O–H groups in total. The fraction of sp³-hybridized carbons (Fsp3) is 0.929. The summed E-state index contributed by atoms with van der Waals surface area (Å²) in [6.07, 6.45) is 1.49. The first-order valence-electron chi connectivity index (χ1n) is 6.99. The predicted molar refractivity (Wildman–Crippen MR) is 74.3 cm³/mol. The van der Waals surface area contributed by atoms with E-state index in [1.54, 1.807) is 6.92 Å². The predicted octanol–water partition coefficient (Wildman–Crippen LogP) is 3.21. The lowest BCUT2D eigenvalue weighted by Gasteiger charge is -2.37. The summed E-state index contributed by atoms with van der Waals surface area (Å²) < 4.78 is 13.4. The molecule has 0 aromatic heterocycles. The minimum Gasteiger partial charge on any atom is -0.389 e. The zero-order valence-corrected chi connectivity index (χ0v) is 12.8. The molecule has 0 unspecified atom stereocenters. The number of nitrogens with one attached hydrogen (secondary N) is 1. The Morgan fingerprint density at radius 2 is 1.56 bits per heavy atom. The van der Waals surface area contributed by atoms with Gasteiger partial charge >= 0.3 is 0 Å². The Balaban J connectivity index is 0. The standard InChI is InChI=1S/C10H18FNO2.2C2H6/c1-9(11)3-5-10(14,6-4-9)7-8(13)12-2;2*1-2/h14H,3-7H2,1-2H3,(H,12,13);2*1-2H3. The molecule has 110 valence electrons. The summed E-state index contributed by atoms with van der Waals surface area (Å²) in [5.74, 6) is -0.185. The van der Waals surface area contributed by atoms with Gasteiger partial charge in [0.15, 0.2) is 0 Å². The fourth-order valence-corrected chi connectivity index (χ4v) is 1.80. The van der Waals surface area contributed by atoms with Gasteiger partial charge < -0.3 is 10.4 Å². The Morgan fingerprint density at radius 1 is 1.17 bits per heavy atom. The van der Waals surface area contributed by atoms with Gasteiger partial charge in [-0.3, -0.25) is 4.79 Å². The number of carbonyl (C=O) groups is 1. The third kappa shape index (κ3) is 7.64. The zero-order valence-electron chi connectivity index (χ0n) is 12.8. The maximum atomic E-state index is 13.4. The molecule has 1 fully saturated rings. The number of alkyl halides is 1. The van der Waals surface area contributed by atoms with Crippen molar-refractivity contribution in [3.8, 4) is 0 Å². The maximum Gasteiger partial charge on any atom is 0.222 e. The summed E-state index contributed by atoms with van der Waals surface area (Å²) >= 11 is 0. The van der Waals surface area contributed by atoms with Gasteiger partial charge in [-0.05, 0) is 32.6 Å². The molecule has 0 aromatic rings. The molecule has 0 heterocycles. The molecule has 0 aliphatic heterocycles. The molecule has 1 aliphatic rings. The van der Waals surface area contributed by atoms with Crippen LogP contribution in [-0.2, 0) is 4.79 Å². The highest BCUT2D eigenvalue weighted by atomic mass is 19.1. The molecule has 0 saturated heterocycles. The van der Waals surface area contributed by atoms with Crippen LogP contribution in [0.2, 0.25) is 0 Å². The molecule has 18 heavy (non-hydrogen) atoms. The lowest BCUT2D eigenvalue weighted by Crippen LogP contribution is -2.42. The first kappa shape index (κ1) is 19.7. The van der Waals surface area contributed by atoms with E-state index >= 15 is 0 Å². The van der Waals surface area contributed by atoms with Crippen LogP contribution in [0.25, 0.3) is 0 Å². The molecule has 1 saturated carbocycles. The van der Waals surface area contributed by atoms with Crippen molar-refractivity contribution in [3.05, 3.63) is 0 Å². The molecule has 0 radical (unpaired) electrons. The third-order valence-electron chi connectivity index (χ3n) is 2.99. The van der Waals surface area contributed by atoms with Gasteiger partial charge in [0.1, 0.15) is 5.67 Å². The van der Waals surface area contributed by atoms with Crippen molar-refractivity contribution in [2.24, 2.45) is 0 Å². The highest BCUT2D eigenvalue weighted by Crippen LogP contribution is 2.38. The zero-order chi connectivity index (χ0) is 14.8. The average Bonchev–Trinajstić information content (AvgIpc) is 2.38. The fourth-order valence-electron chi connectivity index (χ4n) is 1.80. The van der Waals surface area contributed by atoms with Crippen LogP contribution in [0.4, 0.5) is 4.39 Å².